The number of primary amides is 1. The molecule has 0 radical (unpaired) electrons. The minimum Gasteiger partial charge on any atom is -0.366 e. The van der Waals surface area contributed by atoms with Crippen LogP contribution in [0.2, 0.25) is 0 Å². The molecule has 128 valence electrons. The Morgan fingerprint density at radius 1 is 1.25 bits per heavy atom. The lowest BCUT2D eigenvalue weighted by atomic mass is 10.1. The van der Waals surface area contributed by atoms with Crippen LogP contribution in [0.5, 0.6) is 0 Å². The van der Waals surface area contributed by atoms with Crippen molar-refractivity contribution >= 4 is 17.7 Å². The van der Waals surface area contributed by atoms with Crippen LogP contribution >= 0.6 is 0 Å². The first kappa shape index (κ1) is 16.5. The summed E-state index contributed by atoms with van der Waals surface area (Å²) < 4.78 is 0. The zero-order valence-electron chi connectivity index (χ0n) is 13.7. The molecule has 6 heteroatoms. The Morgan fingerprint density at radius 2 is 2.00 bits per heavy atom. The molecule has 1 atom stereocenters. The fourth-order valence-electron chi connectivity index (χ4n) is 3.64. The van der Waals surface area contributed by atoms with E-state index in [0.29, 0.717) is 31.1 Å². The number of rotatable bonds is 5. The van der Waals surface area contributed by atoms with Crippen LogP contribution in [0.3, 0.4) is 0 Å². The van der Waals surface area contributed by atoms with E-state index in [0.717, 1.165) is 18.4 Å². The molecule has 3 rings (SSSR count). The molecule has 1 aromatic carbocycles. The molecule has 6 nitrogen and oxygen atoms in total. The van der Waals surface area contributed by atoms with Crippen molar-refractivity contribution in [2.45, 2.75) is 44.7 Å². The third-order valence-electron chi connectivity index (χ3n) is 4.97. The zero-order chi connectivity index (χ0) is 17.1. The molecule has 3 N–H and O–H groups in total. The van der Waals surface area contributed by atoms with Crippen LogP contribution in [-0.4, -0.2) is 35.2 Å². The van der Waals surface area contributed by atoms with Crippen molar-refractivity contribution in [1.82, 2.24) is 10.2 Å². The van der Waals surface area contributed by atoms with Gasteiger partial charge in [0.1, 0.15) is 0 Å². The number of nitrogens with two attached hydrogens (primary N) is 1. The third-order valence-corrected chi connectivity index (χ3v) is 4.97. The fourth-order valence-corrected chi connectivity index (χ4v) is 3.64. The Bertz CT molecular complexity index is 653. The molecule has 2 fully saturated rings. The van der Waals surface area contributed by atoms with E-state index in [1.807, 2.05) is 11.0 Å². The number of likely N-dealkylation sites (tertiary alicyclic amines) is 1. The van der Waals surface area contributed by atoms with Crippen molar-refractivity contribution < 1.29 is 14.4 Å². The first-order chi connectivity index (χ1) is 11.5. The Hall–Kier alpha value is -2.37. The van der Waals surface area contributed by atoms with E-state index in [1.54, 1.807) is 18.2 Å². The summed E-state index contributed by atoms with van der Waals surface area (Å²) in [5.74, 6) is -0.778. The summed E-state index contributed by atoms with van der Waals surface area (Å²) >= 11 is 0. The van der Waals surface area contributed by atoms with Gasteiger partial charge in [0.2, 0.25) is 17.7 Å². The predicted octanol–water partition coefficient (Wildman–Crippen LogP) is 1.19. The maximum atomic E-state index is 12.4. The maximum Gasteiger partial charge on any atom is 0.248 e. The van der Waals surface area contributed by atoms with Crippen molar-refractivity contribution in [1.29, 1.82) is 0 Å². The first-order valence-corrected chi connectivity index (χ1v) is 8.50. The lowest BCUT2D eigenvalue weighted by Crippen LogP contribution is -2.36. The van der Waals surface area contributed by atoms with Gasteiger partial charge in [-0.3, -0.25) is 14.4 Å². The van der Waals surface area contributed by atoms with E-state index in [-0.39, 0.29) is 17.7 Å². The number of carbonyl (C=O) groups is 3. The molecule has 1 aromatic rings. The molecule has 24 heavy (non-hydrogen) atoms. The van der Waals surface area contributed by atoms with Crippen molar-refractivity contribution in [3.8, 4) is 0 Å². The van der Waals surface area contributed by atoms with Gasteiger partial charge in [-0.25, -0.2) is 0 Å². The predicted molar refractivity (Wildman–Crippen MR) is 88.9 cm³/mol. The summed E-state index contributed by atoms with van der Waals surface area (Å²) in [5, 5.41) is 2.87. The average Bonchev–Trinajstić information content (AvgIpc) is 3.22. The first-order valence-electron chi connectivity index (χ1n) is 8.50. The van der Waals surface area contributed by atoms with Gasteiger partial charge >= 0.3 is 0 Å². The number of nitrogens with one attached hydrogen (secondary N) is 1. The molecule has 1 heterocycles. The Balaban J connectivity index is 1.55. The molecular weight excluding hydrogens is 306 g/mol. The maximum absolute atomic E-state index is 12.4. The van der Waals surface area contributed by atoms with E-state index in [1.165, 1.54) is 12.8 Å². The highest BCUT2D eigenvalue weighted by Gasteiger charge is 2.38. The van der Waals surface area contributed by atoms with Crippen LogP contribution < -0.4 is 11.1 Å². The van der Waals surface area contributed by atoms with Gasteiger partial charge in [-0.1, -0.05) is 25.0 Å². The van der Waals surface area contributed by atoms with Gasteiger partial charge < -0.3 is 16.0 Å². The van der Waals surface area contributed by atoms with E-state index in [9.17, 15) is 14.4 Å². The molecular formula is C18H23N3O3. The minimum absolute atomic E-state index is 0.0952. The van der Waals surface area contributed by atoms with Crippen molar-refractivity contribution in [3.05, 3.63) is 35.4 Å². The average molecular weight is 329 g/mol. The standard InChI is InChI=1S/C18H23N3O3/c19-17(23)13-5-3-4-12(8-13)10-20-18(24)14-9-16(22)21(11-14)15-6-1-2-7-15/h3-5,8,14-15H,1-2,6-7,9-11H2,(H2,19,23)(H,20,24)/t14-/m0/s1. The number of benzene rings is 1. The molecule has 2 aliphatic rings. The molecule has 0 bridgehead atoms. The van der Waals surface area contributed by atoms with Gasteiger partial charge in [-0.2, -0.15) is 0 Å². The quantitative estimate of drug-likeness (QED) is 0.850. The molecule has 1 aliphatic carbocycles. The number of carbonyl (C=O) groups excluding carboxylic acids is 3. The molecule has 0 aromatic heterocycles. The molecule has 1 aliphatic heterocycles. The smallest absolute Gasteiger partial charge is 0.248 e. The minimum atomic E-state index is -0.489. The topological polar surface area (TPSA) is 92.5 Å². The second-order valence-electron chi connectivity index (χ2n) is 6.67. The zero-order valence-corrected chi connectivity index (χ0v) is 13.7. The normalized spacial score (nSPS) is 21.2. The van der Waals surface area contributed by atoms with E-state index in [4.69, 9.17) is 5.73 Å². The van der Waals surface area contributed by atoms with Crippen molar-refractivity contribution in [2.24, 2.45) is 11.7 Å². The number of hydrogen-bond acceptors (Lipinski definition) is 3. The van der Waals surface area contributed by atoms with Gasteiger partial charge in [0, 0.05) is 31.1 Å². The molecule has 1 saturated carbocycles. The van der Waals surface area contributed by atoms with Crippen LogP contribution in [0.1, 0.15) is 48.0 Å². The SMILES string of the molecule is NC(=O)c1cccc(CNC(=O)[C@H]2CC(=O)N(C3CCCC3)C2)c1. The monoisotopic (exact) mass is 329 g/mol. The highest BCUT2D eigenvalue weighted by atomic mass is 16.2. The molecule has 1 saturated heterocycles. The Morgan fingerprint density at radius 3 is 2.71 bits per heavy atom. The highest BCUT2D eigenvalue weighted by Crippen LogP contribution is 2.29. The van der Waals surface area contributed by atoms with Gasteiger partial charge in [0.05, 0.1) is 5.92 Å². The second-order valence-corrected chi connectivity index (χ2v) is 6.67. The van der Waals surface area contributed by atoms with Gasteiger partial charge in [-0.05, 0) is 30.5 Å². The third kappa shape index (κ3) is 3.58. The van der Waals surface area contributed by atoms with E-state index in [2.05, 4.69) is 5.32 Å². The Labute approximate surface area is 141 Å². The van der Waals surface area contributed by atoms with Crippen molar-refractivity contribution in [3.63, 3.8) is 0 Å². The van der Waals surface area contributed by atoms with Crippen LogP contribution in [0, 0.1) is 5.92 Å². The van der Waals surface area contributed by atoms with E-state index < -0.39 is 5.91 Å². The highest BCUT2D eigenvalue weighted by molar-refractivity contribution is 5.93. The van der Waals surface area contributed by atoms with Crippen LogP contribution in [0.15, 0.2) is 24.3 Å². The second kappa shape index (κ2) is 7.03. The lowest BCUT2D eigenvalue weighted by Gasteiger charge is -2.23. The number of hydrogen-bond donors (Lipinski definition) is 2. The molecule has 0 spiro atoms. The van der Waals surface area contributed by atoms with Crippen LogP contribution in [0.4, 0.5) is 0 Å². The van der Waals surface area contributed by atoms with Gasteiger partial charge in [0.15, 0.2) is 0 Å². The van der Waals surface area contributed by atoms with Crippen LogP contribution in [-0.2, 0) is 16.1 Å². The van der Waals surface area contributed by atoms with E-state index >= 15 is 0 Å². The number of nitrogens with zero attached hydrogens (tertiary/aromatic N) is 1. The summed E-state index contributed by atoms with van der Waals surface area (Å²) in [6.07, 6.45) is 4.74. The summed E-state index contributed by atoms with van der Waals surface area (Å²) in [6.45, 7) is 0.852. The molecule has 3 amide bonds. The largest absolute Gasteiger partial charge is 0.366 e. The van der Waals surface area contributed by atoms with Crippen molar-refractivity contribution in [2.75, 3.05) is 6.54 Å². The summed E-state index contributed by atoms with van der Waals surface area (Å²) in [5.41, 5.74) is 6.50. The Kier molecular flexibility index (Phi) is 4.83. The lowest BCUT2D eigenvalue weighted by molar-refractivity contribution is -0.130. The summed E-state index contributed by atoms with van der Waals surface area (Å²) in [6, 6.07) is 7.21. The van der Waals surface area contributed by atoms with Gasteiger partial charge in [0.25, 0.3) is 0 Å². The van der Waals surface area contributed by atoms with Crippen LogP contribution in [0.25, 0.3) is 0 Å². The summed E-state index contributed by atoms with van der Waals surface area (Å²) in [4.78, 5) is 37.6. The van der Waals surface area contributed by atoms with Gasteiger partial charge in [-0.15, -0.1) is 0 Å². The number of amides is 3. The summed E-state index contributed by atoms with van der Waals surface area (Å²) in [7, 11) is 0. The molecule has 0 unspecified atom stereocenters. The fraction of sp³-hybridized carbons (Fsp3) is 0.500.